The van der Waals surface area contributed by atoms with Crippen molar-refractivity contribution in [1.29, 1.82) is 0 Å². The van der Waals surface area contributed by atoms with Gasteiger partial charge in [-0.05, 0) is 30.2 Å². The Balaban J connectivity index is 1.59. The van der Waals surface area contributed by atoms with Gasteiger partial charge in [-0.25, -0.2) is 18.0 Å². The van der Waals surface area contributed by atoms with Crippen LogP contribution in [0, 0.1) is 17.5 Å². The second-order valence-electron chi connectivity index (χ2n) is 7.50. The summed E-state index contributed by atoms with van der Waals surface area (Å²) in [6, 6.07) is 6.86. The smallest absolute Gasteiger partial charge is 0.337 e. The SMILES string of the molecule is COC(=O)c1ccc(CNS(=O)(=O)N2CC(S)CC2COCc2cc(F)c(F)cc2F)cc1. The normalized spacial score (nSPS) is 19.1. The number of carbonyl (C=O) groups excluding carboxylic acids is 1. The van der Waals surface area contributed by atoms with E-state index < -0.39 is 39.7 Å². The van der Waals surface area contributed by atoms with Crippen LogP contribution in [0.5, 0.6) is 0 Å². The Hall–Kier alpha value is -2.12. The summed E-state index contributed by atoms with van der Waals surface area (Å²) in [5, 5.41) is -0.227. The third kappa shape index (κ3) is 6.48. The maximum Gasteiger partial charge on any atom is 0.337 e. The number of hydrogen-bond donors (Lipinski definition) is 2. The van der Waals surface area contributed by atoms with Crippen molar-refractivity contribution < 1.29 is 35.9 Å². The van der Waals surface area contributed by atoms with Crippen molar-refractivity contribution in [2.75, 3.05) is 20.3 Å². The first kappa shape index (κ1) is 25.5. The zero-order valence-corrected chi connectivity index (χ0v) is 19.3. The molecular formula is C21H23F3N2O5S2. The van der Waals surface area contributed by atoms with E-state index in [0.29, 0.717) is 29.7 Å². The molecule has 7 nitrogen and oxygen atoms in total. The number of ether oxygens (including phenoxy) is 2. The molecular weight excluding hydrogens is 481 g/mol. The highest BCUT2D eigenvalue weighted by Gasteiger charge is 2.38. The molecule has 0 radical (unpaired) electrons. The van der Waals surface area contributed by atoms with Crippen LogP contribution in [0.2, 0.25) is 0 Å². The van der Waals surface area contributed by atoms with E-state index in [1.807, 2.05) is 0 Å². The molecule has 180 valence electrons. The third-order valence-corrected chi connectivity index (χ3v) is 7.09. The average Bonchev–Trinajstić information content (AvgIpc) is 3.17. The first-order valence-corrected chi connectivity index (χ1v) is 11.9. The van der Waals surface area contributed by atoms with Crippen LogP contribution in [0.25, 0.3) is 0 Å². The van der Waals surface area contributed by atoms with Crippen LogP contribution < -0.4 is 4.72 Å². The number of thiol groups is 1. The number of nitrogens with one attached hydrogen (secondary N) is 1. The van der Waals surface area contributed by atoms with Gasteiger partial charge in [0.05, 0.1) is 31.9 Å². The first-order chi connectivity index (χ1) is 15.6. The summed E-state index contributed by atoms with van der Waals surface area (Å²) < 4.78 is 79.6. The maximum atomic E-state index is 13.8. The molecule has 2 unspecified atom stereocenters. The second-order valence-corrected chi connectivity index (χ2v) is 9.94. The standard InChI is InChI=1S/C21H23F3N2O5S2/c1-30-21(27)14-4-2-13(3-5-14)9-25-33(28,29)26-10-17(32)7-16(26)12-31-11-15-6-19(23)20(24)8-18(15)22/h2-6,8,16-17,25,32H,7,9-12H2,1H3. The monoisotopic (exact) mass is 504 g/mol. The van der Waals surface area contributed by atoms with E-state index in [0.717, 1.165) is 0 Å². The molecule has 2 aromatic carbocycles. The molecule has 0 amide bonds. The third-order valence-electron chi connectivity index (χ3n) is 5.14. The second kappa shape index (κ2) is 10.9. The fourth-order valence-electron chi connectivity index (χ4n) is 3.42. The molecule has 2 aromatic rings. The molecule has 1 fully saturated rings. The topological polar surface area (TPSA) is 84.9 Å². The summed E-state index contributed by atoms with van der Waals surface area (Å²) in [7, 11) is -2.64. The molecule has 0 bridgehead atoms. The molecule has 1 N–H and O–H groups in total. The number of halogens is 3. The fraction of sp³-hybridized carbons (Fsp3) is 0.381. The molecule has 2 atom stereocenters. The molecule has 12 heteroatoms. The molecule has 1 saturated heterocycles. The van der Waals surface area contributed by atoms with E-state index in [2.05, 4.69) is 22.1 Å². The van der Waals surface area contributed by atoms with Crippen molar-refractivity contribution in [3.63, 3.8) is 0 Å². The zero-order chi connectivity index (χ0) is 24.2. The zero-order valence-electron chi connectivity index (χ0n) is 17.6. The summed E-state index contributed by atoms with van der Waals surface area (Å²) in [6.45, 7) is -0.284. The van der Waals surface area contributed by atoms with Gasteiger partial charge in [-0.15, -0.1) is 0 Å². The number of carbonyl (C=O) groups is 1. The van der Waals surface area contributed by atoms with E-state index in [1.54, 1.807) is 12.1 Å². The van der Waals surface area contributed by atoms with Crippen molar-refractivity contribution >= 4 is 28.8 Å². The summed E-state index contributed by atoms with van der Waals surface area (Å²) in [5.41, 5.74) is 0.808. The summed E-state index contributed by atoms with van der Waals surface area (Å²) in [4.78, 5) is 11.5. The highest BCUT2D eigenvalue weighted by atomic mass is 32.2. The van der Waals surface area contributed by atoms with Crippen molar-refractivity contribution in [2.24, 2.45) is 0 Å². The van der Waals surface area contributed by atoms with Gasteiger partial charge in [0, 0.05) is 30.0 Å². The molecule has 0 aromatic heterocycles. The van der Waals surface area contributed by atoms with Crippen molar-refractivity contribution in [3.05, 3.63) is 70.5 Å². The van der Waals surface area contributed by atoms with Gasteiger partial charge >= 0.3 is 5.97 Å². The molecule has 0 spiro atoms. The van der Waals surface area contributed by atoms with Gasteiger partial charge < -0.3 is 9.47 Å². The Kier molecular flexibility index (Phi) is 8.40. The minimum atomic E-state index is -3.91. The van der Waals surface area contributed by atoms with Crippen LogP contribution in [-0.2, 0) is 32.8 Å². The minimum absolute atomic E-state index is 0.00876. The highest BCUT2D eigenvalue weighted by Crippen LogP contribution is 2.25. The lowest BCUT2D eigenvalue weighted by molar-refractivity contribution is 0.0600. The van der Waals surface area contributed by atoms with E-state index in [4.69, 9.17) is 4.74 Å². The average molecular weight is 505 g/mol. The molecule has 1 aliphatic rings. The number of nitrogens with zero attached hydrogens (tertiary/aromatic N) is 1. The molecule has 0 aliphatic carbocycles. The Morgan fingerprint density at radius 2 is 1.82 bits per heavy atom. The Labute approximate surface area is 195 Å². The van der Waals surface area contributed by atoms with Gasteiger partial charge in [-0.2, -0.15) is 30.1 Å². The quantitative estimate of drug-likeness (QED) is 0.312. The molecule has 1 aliphatic heterocycles. The lowest BCUT2D eigenvalue weighted by Crippen LogP contribution is -2.45. The maximum absolute atomic E-state index is 13.8. The number of hydrogen-bond acceptors (Lipinski definition) is 6. The molecule has 1 heterocycles. The minimum Gasteiger partial charge on any atom is -0.465 e. The largest absolute Gasteiger partial charge is 0.465 e. The van der Waals surface area contributed by atoms with Crippen LogP contribution in [0.4, 0.5) is 13.2 Å². The van der Waals surface area contributed by atoms with Gasteiger partial charge in [-0.1, -0.05) is 12.1 Å². The van der Waals surface area contributed by atoms with Crippen LogP contribution in [0.1, 0.15) is 27.9 Å². The number of methoxy groups -OCH3 is 1. The van der Waals surface area contributed by atoms with Gasteiger partial charge in [0.15, 0.2) is 11.6 Å². The van der Waals surface area contributed by atoms with Crippen molar-refractivity contribution in [3.8, 4) is 0 Å². The molecule has 0 saturated carbocycles. The predicted octanol–water partition coefficient (Wildman–Crippen LogP) is 2.81. The number of esters is 1. The van der Waals surface area contributed by atoms with E-state index in [-0.39, 0.29) is 37.1 Å². The Bertz CT molecular complexity index is 1100. The fourth-order valence-corrected chi connectivity index (χ4v) is 5.38. The Morgan fingerprint density at radius 3 is 2.48 bits per heavy atom. The summed E-state index contributed by atoms with van der Waals surface area (Å²) >= 11 is 4.37. The van der Waals surface area contributed by atoms with Crippen LogP contribution >= 0.6 is 12.6 Å². The van der Waals surface area contributed by atoms with E-state index in [1.165, 1.54) is 23.5 Å². The van der Waals surface area contributed by atoms with Crippen LogP contribution in [0.15, 0.2) is 36.4 Å². The van der Waals surface area contributed by atoms with Crippen LogP contribution in [-0.4, -0.2) is 50.2 Å². The van der Waals surface area contributed by atoms with Crippen LogP contribution in [0.3, 0.4) is 0 Å². The van der Waals surface area contributed by atoms with Gasteiger partial charge in [0.2, 0.25) is 0 Å². The van der Waals surface area contributed by atoms with Gasteiger partial charge in [0.1, 0.15) is 5.82 Å². The van der Waals surface area contributed by atoms with E-state index in [9.17, 15) is 26.4 Å². The predicted molar refractivity (Wildman–Crippen MR) is 117 cm³/mol. The molecule has 3 rings (SSSR count). The summed E-state index contributed by atoms with van der Waals surface area (Å²) in [6.07, 6.45) is 0.401. The van der Waals surface area contributed by atoms with Gasteiger partial charge in [0.25, 0.3) is 10.2 Å². The van der Waals surface area contributed by atoms with Crippen molar-refractivity contribution in [1.82, 2.24) is 9.03 Å². The first-order valence-electron chi connectivity index (χ1n) is 9.93. The molecule has 33 heavy (non-hydrogen) atoms. The number of rotatable bonds is 9. The summed E-state index contributed by atoms with van der Waals surface area (Å²) in [5.74, 6) is -3.94. The Morgan fingerprint density at radius 1 is 1.15 bits per heavy atom. The lowest BCUT2D eigenvalue weighted by atomic mass is 10.1. The lowest BCUT2D eigenvalue weighted by Gasteiger charge is -2.24. The number of benzene rings is 2. The highest BCUT2D eigenvalue weighted by molar-refractivity contribution is 7.87. The van der Waals surface area contributed by atoms with Crippen molar-refractivity contribution in [2.45, 2.75) is 30.9 Å². The van der Waals surface area contributed by atoms with E-state index >= 15 is 0 Å². The van der Waals surface area contributed by atoms with Gasteiger partial charge in [-0.3, -0.25) is 0 Å².